The fourth-order valence-electron chi connectivity index (χ4n) is 1.85. The van der Waals surface area contributed by atoms with Crippen LogP contribution >= 0.6 is 0 Å². The van der Waals surface area contributed by atoms with Crippen LogP contribution in [0.1, 0.15) is 27.7 Å². The molecule has 2 atom stereocenters. The summed E-state index contributed by atoms with van der Waals surface area (Å²) in [7, 11) is 0. The highest BCUT2D eigenvalue weighted by atomic mass is 14.6. The van der Waals surface area contributed by atoms with E-state index in [1.165, 1.54) is 0 Å². The molecule has 2 unspecified atom stereocenters. The van der Waals surface area contributed by atoms with Crippen molar-refractivity contribution in [3.8, 4) is 0 Å². The van der Waals surface area contributed by atoms with Gasteiger partial charge in [0.25, 0.3) is 0 Å². The fourth-order valence-corrected chi connectivity index (χ4v) is 1.85. The zero-order valence-corrected chi connectivity index (χ0v) is 8.46. The van der Waals surface area contributed by atoms with Crippen molar-refractivity contribution in [3.05, 3.63) is 23.9 Å². The predicted octanol–water partition coefficient (Wildman–Crippen LogP) is 2.70. The summed E-state index contributed by atoms with van der Waals surface area (Å²) in [5.74, 6) is 1.05. The van der Waals surface area contributed by atoms with Gasteiger partial charge in [-0.1, -0.05) is 39.8 Å². The lowest BCUT2D eigenvalue weighted by molar-refractivity contribution is 0.236. The van der Waals surface area contributed by atoms with Gasteiger partial charge in [0.15, 0.2) is 0 Å². The van der Waals surface area contributed by atoms with Crippen LogP contribution in [0.5, 0.6) is 0 Å². The summed E-state index contributed by atoms with van der Waals surface area (Å²) >= 11 is 0. The quantitative estimate of drug-likeness (QED) is 0.587. The minimum atomic E-state index is 0.314. The van der Waals surface area contributed by atoms with E-state index in [9.17, 15) is 0 Å². The lowest BCUT2D eigenvalue weighted by Crippen LogP contribution is -2.29. The van der Waals surface area contributed by atoms with Crippen LogP contribution in [0.3, 0.4) is 0 Å². The van der Waals surface area contributed by atoms with Gasteiger partial charge in [-0.25, -0.2) is 0 Å². The van der Waals surface area contributed by atoms with Gasteiger partial charge in [0.1, 0.15) is 0 Å². The number of hydrogen-bond donors (Lipinski definition) is 1. The molecule has 2 N–H and O–H groups in total. The third-order valence-electron chi connectivity index (χ3n) is 2.67. The van der Waals surface area contributed by atoms with Gasteiger partial charge in [0.05, 0.1) is 0 Å². The Labute approximate surface area is 75.3 Å². The van der Waals surface area contributed by atoms with Crippen LogP contribution in [0.2, 0.25) is 0 Å². The molecule has 1 aliphatic carbocycles. The highest BCUT2D eigenvalue weighted by Crippen LogP contribution is 2.37. The lowest BCUT2D eigenvalue weighted by atomic mass is 9.71. The SMILES string of the molecule is CC1C(N)=CC=CC1C(C)(C)C. The first kappa shape index (κ1) is 9.37. The topological polar surface area (TPSA) is 26.0 Å². The van der Waals surface area contributed by atoms with Gasteiger partial charge in [-0.05, 0) is 17.4 Å². The minimum Gasteiger partial charge on any atom is -0.402 e. The van der Waals surface area contributed by atoms with Crippen molar-refractivity contribution in [3.63, 3.8) is 0 Å². The molecule has 0 amide bonds. The minimum absolute atomic E-state index is 0.314. The molecule has 1 heteroatoms. The molecule has 0 spiro atoms. The second kappa shape index (κ2) is 2.96. The molecule has 0 radical (unpaired) electrons. The Hall–Kier alpha value is -0.720. The van der Waals surface area contributed by atoms with Crippen molar-refractivity contribution in [1.82, 2.24) is 0 Å². The van der Waals surface area contributed by atoms with Crippen molar-refractivity contribution in [2.24, 2.45) is 23.0 Å². The number of hydrogen-bond acceptors (Lipinski definition) is 1. The first-order valence-corrected chi connectivity index (χ1v) is 4.57. The number of allylic oxidation sites excluding steroid dienone is 4. The summed E-state index contributed by atoms with van der Waals surface area (Å²) < 4.78 is 0. The van der Waals surface area contributed by atoms with E-state index in [0.717, 1.165) is 5.70 Å². The Morgan fingerprint density at radius 3 is 2.33 bits per heavy atom. The molecule has 0 heterocycles. The van der Waals surface area contributed by atoms with E-state index in [2.05, 4.69) is 39.8 Å². The van der Waals surface area contributed by atoms with Gasteiger partial charge in [-0.2, -0.15) is 0 Å². The summed E-state index contributed by atoms with van der Waals surface area (Å²) in [5, 5.41) is 0. The van der Waals surface area contributed by atoms with Gasteiger partial charge < -0.3 is 5.73 Å². The molecule has 0 saturated heterocycles. The van der Waals surface area contributed by atoms with E-state index in [1.54, 1.807) is 0 Å². The van der Waals surface area contributed by atoms with Crippen LogP contribution in [0, 0.1) is 17.3 Å². The second-order valence-electron chi connectivity index (χ2n) is 4.73. The smallest absolute Gasteiger partial charge is 0.0115 e. The molecule has 0 aromatic rings. The Balaban J connectivity index is 2.84. The average Bonchev–Trinajstić information content (AvgIpc) is 1.92. The van der Waals surface area contributed by atoms with Crippen LogP contribution in [0.25, 0.3) is 0 Å². The van der Waals surface area contributed by atoms with E-state index in [-0.39, 0.29) is 0 Å². The third kappa shape index (κ3) is 1.71. The first-order chi connectivity index (χ1) is 5.43. The van der Waals surface area contributed by atoms with Crippen molar-refractivity contribution in [1.29, 1.82) is 0 Å². The van der Waals surface area contributed by atoms with Crippen LogP contribution in [0.4, 0.5) is 0 Å². The van der Waals surface area contributed by atoms with Crippen LogP contribution in [0.15, 0.2) is 23.9 Å². The van der Waals surface area contributed by atoms with E-state index in [4.69, 9.17) is 5.73 Å². The summed E-state index contributed by atoms with van der Waals surface area (Å²) in [6.07, 6.45) is 6.35. The maximum atomic E-state index is 5.88. The molecular formula is C11H19N. The summed E-state index contributed by atoms with van der Waals surface area (Å²) in [4.78, 5) is 0. The average molecular weight is 165 g/mol. The largest absolute Gasteiger partial charge is 0.402 e. The third-order valence-corrected chi connectivity index (χ3v) is 2.67. The van der Waals surface area contributed by atoms with Crippen molar-refractivity contribution >= 4 is 0 Å². The molecule has 68 valence electrons. The molecule has 0 bridgehead atoms. The van der Waals surface area contributed by atoms with Gasteiger partial charge >= 0.3 is 0 Å². The molecule has 1 aliphatic rings. The van der Waals surface area contributed by atoms with Crippen molar-refractivity contribution < 1.29 is 0 Å². The maximum absolute atomic E-state index is 5.88. The molecule has 1 nitrogen and oxygen atoms in total. The summed E-state index contributed by atoms with van der Waals surface area (Å²) in [5.41, 5.74) is 7.20. The van der Waals surface area contributed by atoms with Crippen molar-refractivity contribution in [2.45, 2.75) is 27.7 Å². The van der Waals surface area contributed by atoms with E-state index < -0.39 is 0 Å². The van der Waals surface area contributed by atoms with Crippen LogP contribution < -0.4 is 5.73 Å². The molecule has 0 saturated carbocycles. The highest BCUT2D eigenvalue weighted by Gasteiger charge is 2.29. The first-order valence-electron chi connectivity index (χ1n) is 4.57. The molecule has 0 fully saturated rings. The zero-order chi connectivity index (χ0) is 9.35. The zero-order valence-electron chi connectivity index (χ0n) is 8.46. The van der Waals surface area contributed by atoms with Crippen LogP contribution in [-0.4, -0.2) is 0 Å². The molecular weight excluding hydrogens is 146 g/mol. The maximum Gasteiger partial charge on any atom is 0.0115 e. The monoisotopic (exact) mass is 165 g/mol. The highest BCUT2D eigenvalue weighted by molar-refractivity contribution is 5.21. The van der Waals surface area contributed by atoms with Crippen molar-refractivity contribution in [2.75, 3.05) is 0 Å². The summed E-state index contributed by atoms with van der Waals surface area (Å²) in [6, 6.07) is 0. The van der Waals surface area contributed by atoms with Crippen LogP contribution in [-0.2, 0) is 0 Å². The standard InChI is InChI=1S/C11H19N/c1-8-9(11(2,3)4)6-5-7-10(8)12/h5-9H,12H2,1-4H3. The molecule has 12 heavy (non-hydrogen) atoms. The van der Waals surface area contributed by atoms with Gasteiger partial charge in [0.2, 0.25) is 0 Å². The molecule has 0 aromatic carbocycles. The van der Waals surface area contributed by atoms with E-state index >= 15 is 0 Å². The van der Waals surface area contributed by atoms with E-state index in [1.807, 2.05) is 6.08 Å². The van der Waals surface area contributed by atoms with E-state index in [0.29, 0.717) is 17.3 Å². The van der Waals surface area contributed by atoms with Gasteiger partial charge in [-0.3, -0.25) is 0 Å². The Bertz CT molecular complexity index is 218. The Morgan fingerprint density at radius 1 is 1.33 bits per heavy atom. The Morgan fingerprint density at radius 2 is 1.92 bits per heavy atom. The van der Waals surface area contributed by atoms with Gasteiger partial charge in [0, 0.05) is 11.6 Å². The fraction of sp³-hybridized carbons (Fsp3) is 0.636. The molecule has 1 rings (SSSR count). The predicted molar refractivity (Wildman–Crippen MR) is 53.5 cm³/mol. The second-order valence-corrected chi connectivity index (χ2v) is 4.73. The summed E-state index contributed by atoms with van der Waals surface area (Å²) in [6.45, 7) is 8.98. The number of rotatable bonds is 0. The molecule has 0 aromatic heterocycles. The normalized spacial score (nSPS) is 30.2. The number of nitrogens with two attached hydrogens (primary N) is 1. The lowest BCUT2D eigenvalue weighted by Gasteiger charge is -2.35. The van der Waals surface area contributed by atoms with Gasteiger partial charge in [-0.15, -0.1) is 0 Å². The Kier molecular flexibility index (Phi) is 2.31. The molecule has 0 aliphatic heterocycles.